The summed E-state index contributed by atoms with van der Waals surface area (Å²) in [5, 5.41) is 11.1. The smallest absolute Gasteiger partial charge is 0.106 e. The molecule has 0 aromatic rings. The number of hydrogen-bond donors (Lipinski definition) is 2. The van der Waals surface area contributed by atoms with Crippen LogP contribution in [0.4, 0.5) is 0 Å². The molecule has 0 amide bonds. The van der Waals surface area contributed by atoms with Crippen molar-refractivity contribution in [2.45, 2.75) is 12.5 Å². The molecule has 0 radical (unpaired) electrons. The van der Waals surface area contributed by atoms with Crippen molar-refractivity contribution in [3.63, 3.8) is 0 Å². The van der Waals surface area contributed by atoms with E-state index in [0.717, 1.165) is 19.5 Å². The minimum absolute atomic E-state index is 0.0417. The summed E-state index contributed by atoms with van der Waals surface area (Å²) in [6.45, 7) is 1.75. The third-order valence-corrected chi connectivity index (χ3v) is 1.16. The van der Waals surface area contributed by atoms with E-state index in [-0.39, 0.29) is 6.10 Å². The van der Waals surface area contributed by atoms with Gasteiger partial charge in [0.2, 0.25) is 0 Å². The molecule has 0 spiro atoms. The van der Waals surface area contributed by atoms with Gasteiger partial charge in [-0.25, -0.2) is 4.89 Å². The second-order valence-corrected chi connectivity index (χ2v) is 1.72. The summed E-state index contributed by atoms with van der Waals surface area (Å²) >= 11 is 0. The van der Waals surface area contributed by atoms with Crippen LogP contribution < -0.4 is 5.32 Å². The predicted octanol–water partition coefficient (Wildman–Crippen LogP) is -0.162. The quantitative estimate of drug-likeness (QED) is 0.358. The van der Waals surface area contributed by atoms with Gasteiger partial charge in [-0.05, 0) is 13.0 Å². The summed E-state index contributed by atoms with van der Waals surface area (Å²) in [6, 6.07) is 0. The fourth-order valence-electron chi connectivity index (χ4n) is 0.718. The van der Waals surface area contributed by atoms with Crippen molar-refractivity contribution < 1.29 is 10.1 Å². The minimum atomic E-state index is 0.0417. The lowest BCUT2D eigenvalue weighted by atomic mass is 10.3. The highest BCUT2D eigenvalue weighted by Crippen LogP contribution is 1.98. The van der Waals surface area contributed by atoms with Gasteiger partial charge in [-0.1, -0.05) is 0 Å². The van der Waals surface area contributed by atoms with Gasteiger partial charge in [0.25, 0.3) is 0 Å². The first-order valence-electron chi connectivity index (χ1n) is 2.44. The van der Waals surface area contributed by atoms with Crippen LogP contribution in [0.15, 0.2) is 0 Å². The van der Waals surface area contributed by atoms with Crippen LogP contribution >= 0.6 is 0 Å². The molecule has 0 bridgehead atoms. The summed E-state index contributed by atoms with van der Waals surface area (Å²) in [7, 11) is 0. The van der Waals surface area contributed by atoms with Crippen molar-refractivity contribution in [3.05, 3.63) is 0 Å². The zero-order valence-corrected chi connectivity index (χ0v) is 4.05. The van der Waals surface area contributed by atoms with Crippen LogP contribution in [0.25, 0.3) is 0 Å². The molecule has 7 heavy (non-hydrogen) atoms. The Kier molecular flexibility index (Phi) is 1.62. The van der Waals surface area contributed by atoms with Crippen LogP contribution in [-0.2, 0) is 4.89 Å². The van der Waals surface area contributed by atoms with Gasteiger partial charge in [-0.2, -0.15) is 0 Å². The Morgan fingerprint density at radius 2 is 2.57 bits per heavy atom. The summed E-state index contributed by atoms with van der Waals surface area (Å²) in [5.41, 5.74) is 0. The number of nitrogens with one attached hydrogen (secondary N) is 1. The second-order valence-electron chi connectivity index (χ2n) is 1.72. The molecular weight excluding hydrogens is 94.0 g/mol. The van der Waals surface area contributed by atoms with Gasteiger partial charge in [-0.3, -0.25) is 5.26 Å². The molecule has 2 N–H and O–H groups in total. The van der Waals surface area contributed by atoms with Crippen LogP contribution in [0.2, 0.25) is 0 Å². The molecule has 1 aliphatic rings. The van der Waals surface area contributed by atoms with Crippen LogP contribution in [0.5, 0.6) is 0 Å². The maximum Gasteiger partial charge on any atom is 0.106 e. The Hall–Kier alpha value is -0.120. The van der Waals surface area contributed by atoms with Gasteiger partial charge in [0.05, 0.1) is 0 Å². The lowest BCUT2D eigenvalue weighted by molar-refractivity contribution is -0.272. The Balaban J connectivity index is 2.14. The van der Waals surface area contributed by atoms with E-state index in [9.17, 15) is 0 Å². The molecule has 0 saturated carbocycles. The van der Waals surface area contributed by atoms with Gasteiger partial charge >= 0.3 is 0 Å². The van der Waals surface area contributed by atoms with E-state index in [1.54, 1.807) is 0 Å². The zero-order valence-electron chi connectivity index (χ0n) is 4.05. The zero-order chi connectivity index (χ0) is 5.11. The molecule has 1 aliphatic heterocycles. The van der Waals surface area contributed by atoms with Gasteiger partial charge < -0.3 is 5.32 Å². The summed E-state index contributed by atoms with van der Waals surface area (Å²) in [4.78, 5) is 4.05. The maximum atomic E-state index is 8.03. The molecule has 0 unspecified atom stereocenters. The van der Waals surface area contributed by atoms with Crippen molar-refractivity contribution in [1.29, 1.82) is 0 Å². The van der Waals surface area contributed by atoms with Gasteiger partial charge in [0.1, 0.15) is 6.10 Å². The molecule has 1 atom stereocenters. The molecule has 0 aromatic heterocycles. The van der Waals surface area contributed by atoms with E-state index in [0.29, 0.717) is 0 Å². The third-order valence-electron chi connectivity index (χ3n) is 1.16. The lowest BCUT2D eigenvalue weighted by Crippen LogP contribution is -2.14. The predicted molar refractivity (Wildman–Crippen MR) is 25.0 cm³/mol. The standard InChI is InChI=1S/C4H9NO2/c6-7-4-1-2-5-3-4/h4-6H,1-3H2/t4-/m0/s1. The molecule has 1 heterocycles. The molecule has 1 fully saturated rings. The van der Waals surface area contributed by atoms with Gasteiger partial charge in [-0.15, -0.1) is 0 Å². The Labute approximate surface area is 42.2 Å². The normalized spacial score (nSPS) is 31.3. The Morgan fingerprint density at radius 1 is 1.71 bits per heavy atom. The second kappa shape index (κ2) is 2.26. The minimum Gasteiger partial charge on any atom is -0.314 e. The third kappa shape index (κ3) is 1.12. The van der Waals surface area contributed by atoms with Crippen molar-refractivity contribution in [2.24, 2.45) is 0 Å². The van der Waals surface area contributed by atoms with E-state index in [2.05, 4.69) is 10.2 Å². The monoisotopic (exact) mass is 103 g/mol. The van der Waals surface area contributed by atoms with Crippen molar-refractivity contribution >= 4 is 0 Å². The average molecular weight is 103 g/mol. The van der Waals surface area contributed by atoms with Crippen molar-refractivity contribution in [1.82, 2.24) is 5.32 Å². The van der Waals surface area contributed by atoms with Crippen molar-refractivity contribution in [2.75, 3.05) is 13.1 Å². The molecule has 42 valence electrons. The molecule has 0 aliphatic carbocycles. The van der Waals surface area contributed by atoms with Gasteiger partial charge in [0.15, 0.2) is 0 Å². The number of hydrogen-bond acceptors (Lipinski definition) is 3. The summed E-state index contributed by atoms with van der Waals surface area (Å²) in [5.74, 6) is 0. The Bertz CT molecular complexity index is 51.7. The fourth-order valence-corrected chi connectivity index (χ4v) is 0.718. The molecule has 0 aromatic carbocycles. The largest absolute Gasteiger partial charge is 0.314 e. The number of rotatable bonds is 1. The van der Waals surface area contributed by atoms with E-state index in [1.807, 2.05) is 0 Å². The highest BCUT2D eigenvalue weighted by molar-refractivity contribution is 4.68. The van der Waals surface area contributed by atoms with E-state index in [1.165, 1.54) is 0 Å². The molecular formula is C4H9NO2. The van der Waals surface area contributed by atoms with E-state index in [4.69, 9.17) is 5.26 Å². The van der Waals surface area contributed by atoms with Crippen LogP contribution in [0.3, 0.4) is 0 Å². The molecule has 1 saturated heterocycles. The molecule has 3 nitrogen and oxygen atoms in total. The van der Waals surface area contributed by atoms with E-state index < -0.39 is 0 Å². The van der Waals surface area contributed by atoms with Gasteiger partial charge in [0, 0.05) is 6.54 Å². The van der Waals surface area contributed by atoms with Crippen LogP contribution in [0, 0.1) is 0 Å². The molecule has 3 heteroatoms. The molecule has 1 rings (SSSR count). The average Bonchev–Trinajstić information content (AvgIpc) is 2.14. The fraction of sp³-hybridized carbons (Fsp3) is 1.00. The SMILES string of the molecule is OO[C@H]1CCNC1. The topological polar surface area (TPSA) is 41.5 Å². The lowest BCUT2D eigenvalue weighted by Gasteiger charge is -1.98. The summed E-state index contributed by atoms with van der Waals surface area (Å²) in [6.07, 6.45) is 0.969. The Morgan fingerprint density at radius 3 is 2.86 bits per heavy atom. The van der Waals surface area contributed by atoms with Crippen molar-refractivity contribution in [3.8, 4) is 0 Å². The highest BCUT2D eigenvalue weighted by Gasteiger charge is 2.13. The summed E-state index contributed by atoms with van der Waals surface area (Å²) < 4.78 is 0. The first-order chi connectivity index (χ1) is 3.43. The van der Waals surface area contributed by atoms with Crippen LogP contribution in [0.1, 0.15) is 6.42 Å². The highest BCUT2D eigenvalue weighted by atomic mass is 17.1. The first kappa shape index (κ1) is 5.03. The first-order valence-corrected chi connectivity index (χ1v) is 2.44. The maximum absolute atomic E-state index is 8.03. The van der Waals surface area contributed by atoms with E-state index >= 15 is 0 Å². The van der Waals surface area contributed by atoms with Crippen LogP contribution in [-0.4, -0.2) is 24.5 Å².